The molecule has 10 atom stereocenters. The lowest BCUT2D eigenvalue weighted by Gasteiger charge is -2.49. The van der Waals surface area contributed by atoms with Crippen LogP contribution in [0.4, 0.5) is 0 Å². The lowest BCUT2D eigenvalue weighted by molar-refractivity contribution is -0.350. The van der Waals surface area contributed by atoms with Gasteiger partial charge in [-0.15, -0.1) is 0 Å². The number of hydrogen-bond acceptors (Lipinski definition) is 18. The van der Waals surface area contributed by atoms with E-state index in [1.54, 1.807) is 0 Å². The highest BCUT2D eigenvalue weighted by Crippen LogP contribution is 2.34. The van der Waals surface area contributed by atoms with E-state index in [0.29, 0.717) is 0 Å². The maximum Gasteiger partial charge on any atom is 0.303 e. The third-order valence-corrected chi connectivity index (χ3v) is 6.41. The Morgan fingerprint density at radius 2 is 1.02 bits per heavy atom. The minimum absolute atomic E-state index is 0.0458. The van der Waals surface area contributed by atoms with Crippen molar-refractivity contribution in [1.29, 1.82) is 0 Å². The van der Waals surface area contributed by atoms with Gasteiger partial charge in [-0.1, -0.05) is 0 Å². The summed E-state index contributed by atoms with van der Waals surface area (Å²) in [7, 11) is 0. The maximum atomic E-state index is 12.4. The predicted molar refractivity (Wildman–Crippen MR) is 150 cm³/mol. The molecular formula is C28H42N2O17. The van der Waals surface area contributed by atoms with Crippen LogP contribution < -0.4 is 11.1 Å². The van der Waals surface area contributed by atoms with E-state index in [4.69, 9.17) is 53.1 Å². The van der Waals surface area contributed by atoms with Crippen LogP contribution in [0.3, 0.4) is 0 Å². The molecule has 2 rings (SSSR count). The van der Waals surface area contributed by atoms with Crippen LogP contribution in [0.15, 0.2) is 0 Å². The van der Waals surface area contributed by atoms with Crippen molar-refractivity contribution in [3.8, 4) is 0 Å². The van der Waals surface area contributed by atoms with Crippen LogP contribution in [-0.2, 0) is 80.9 Å². The summed E-state index contributed by atoms with van der Waals surface area (Å²) in [5.41, 5.74) is 5.59. The van der Waals surface area contributed by atoms with Crippen molar-refractivity contribution in [2.45, 2.75) is 110 Å². The highest BCUT2D eigenvalue weighted by Gasteiger charge is 2.57. The zero-order valence-electron chi connectivity index (χ0n) is 27.1. The summed E-state index contributed by atoms with van der Waals surface area (Å²) in [6, 6.07) is -1.24. The first-order chi connectivity index (χ1) is 22.0. The number of amides is 1. The van der Waals surface area contributed by atoms with Crippen LogP contribution in [0.1, 0.15) is 48.5 Å². The van der Waals surface area contributed by atoms with Crippen LogP contribution in [-0.4, -0.2) is 129 Å². The molecule has 0 aromatic rings. The Kier molecular flexibility index (Phi) is 15.4. The van der Waals surface area contributed by atoms with Gasteiger partial charge in [-0.05, 0) is 0 Å². The Morgan fingerprint density at radius 1 is 0.574 bits per heavy atom. The summed E-state index contributed by atoms with van der Waals surface area (Å²) in [6.07, 6.45) is -13.4. The molecule has 3 N–H and O–H groups in total. The SMILES string of the molecule is CC(=O)N[C@H]1C(OC(C)=O)[C@H](O[C@@H]2OC(COC(C)=O)[C@H](OC(C)=O)C(OC(C)=O)[C@@H]2OC(C)=O)C(COC(C)=O)O[C@H]1OCCN. The molecule has 0 bridgehead atoms. The minimum atomic E-state index is -1.75. The smallest absolute Gasteiger partial charge is 0.303 e. The topological polar surface area (TPSA) is 250 Å². The second-order valence-electron chi connectivity index (χ2n) is 10.5. The molecule has 19 heteroatoms. The monoisotopic (exact) mass is 678 g/mol. The first-order valence-electron chi connectivity index (χ1n) is 14.5. The van der Waals surface area contributed by atoms with Crippen molar-refractivity contribution in [2.24, 2.45) is 5.73 Å². The Morgan fingerprint density at radius 3 is 1.49 bits per heavy atom. The quantitative estimate of drug-likeness (QED) is 0.151. The molecule has 0 radical (unpaired) electrons. The molecule has 2 heterocycles. The van der Waals surface area contributed by atoms with Crippen molar-refractivity contribution >= 4 is 41.7 Å². The van der Waals surface area contributed by atoms with E-state index in [1.165, 1.54) is 6.92 Å². The van der Waals surface area contributed by atoms with Crippen LogP contribution in [0, 0.1) is 0 Å². The normalized spacial score (nSPS) is 30.2. The van der Waals surface area contributed by atoms with Crippen molar-refractivity contribution in [2.75, 3.05) is 26.4 Å². The maximum absolute atomic E-state index is 12.4. The lowest BCUT2D eigenvalue weighted by atomic mass is 9.94. The predicted octanol–water partition coefficient (Wildman–Crippen LogP) is -1.85. The van der Waals surface area contributed by atoms with Gasteiger partial charge < -0.3 is 58.4 Å². The van der Waals surface area contributed by atoms with E-state index >= 15 is 0 Å². The Bertz CT molecular complexity index is 1150. The van der Waals surface area contributed by atoms with Gasteiger partial charge in [-0.25, -0.2) is 0 Å². The van der Waals surface area contributed by atoms with E-state index in [2.05, 4.69) is 5.32 Å². The summed E-state index contributed by atoms with van der Waals surface area (Å²) in [6.45, 7) is 6.59. The first kappa shape index (κ1) is 39.3. The molecule has 0 aromatic heterocycles. The third-order valence-electron chi connectivity index (χ3n) is 6.41. The van der Waals surface area contributed by atoms with Gasteiger partial charge in [0.25, 0.3) is 0 Å². The Hall–Kier alpha value is -3.91. The molecule has 1 amide bonds. The van der Waals surface area contributed by atoms with E-state index in [9.17, 15) is 33.6 Å². The van der Waals surface area contributed by atoms with Crippen molar-refractivity contribution < 1.29 is 80.9 Å². The standard InChI is InChI=1S/C28H42N2O17/c1-12(31)30-21-24(42-16(5)35)22(19(10-39-13(2)32)45-27(21)38-9-8-29)47-28-26(44-18(7)37)25(43-17(6)36)23(41-15(4)34)20(46-28)11-40-14(3)33/h19-28H,8-11,29H2,1-7H3,(H,30,31)/t19?,20?,21-,22+,23-,24?,25?,26-,27+,28-/m0/s1. The molecule has 0 aromatic carbocycles. The molecule has 2 aliphatic heterocycles. The molecule has 0 spiro atoms. The fraction of sp³-hybridized carbons (Fsp3) is 0.750. The summed E-state index contributed by atoms with van der Waals surface area (Å²) in [5.74, 6) is -5.49. The van der Waals surface area contributed by atoms with Gasteiger partial charge in [-0.2, -0.15) is 0 Å². The average Bonchev–Trinajstić information content (AvgIpc) is 2.94. The number of ether oxygens (including phenoxy) is 10. The molecule has 266 valence electrons. The Labute approximate surface area is 270 Å². The van der Waals surface area contributed by atoms with Gasteiger partial charge in [0, 0.05) is 55.0 Å². The van der Waals surface area contributed by atoms with E-state index in [1.807, 2.05) is 0 Å². The fourth-order valence-corrected chi connectivity index (χ4v) is 4.90. The van der Waals surface area contributed by atoms with Crippen LogP contribution >= 0.6 is 0 Å². The molecule has 0 saturated carbocycles. The number of carbonyl (C=O) groups is 7. The highest BCUT2D eigenvalue weighted by atomic mass is 16.8. The molecule has 47 heavy (non-hydrogen) atoms. The van der Waals surface area contributed by atoms with Crippen molar-refractivity contribution in [3.63, 3.8) is 0 Å². The third kappa shape index (κ3) is 12.3. The van der Waals surface area contributed by atoms with E-state index < -0.39 is 116 Å². The van der Waals surface area contributed by atoms with E-state index in [0.717, 1.165) is 41.5 Å². The number of esters is 6. The fourth-order valence-electron chi connectivity index (χ4n) is 4.90. The molecular weight excluding hydrogens is 636 g/mol. The average molecular weight is 679 g/mol. The zero-order chi connectivity index (χ0) is 35.4. The van der Waals surface area contributed by atoms with Gasteiger partial charge in [-0.3, -0.25) is 33.6 Å². The first-order valence-corrected chi connectivity index (χ1v) is 14.5. The zero-order valence-corrected chi connectivity index (χ0v) is 27.1. The second-order valence-corrected chi connectivity index (χ2v) is 10.5. The van der Waals surface area contributed by atoms with Crippen LogP contribution in [0.2, 0.25) is 0 Å². The molecule has 19 nitrogen and oxygen atoms in total. The molecule has 0 aliphatic carbocycles. The number of nitrogens with two attached hydrogens (primary N) is 1. The number of carbonyl (C=O) groups excluding carboxylic acids is 7. The van der Waals surface area contributed by atoms with Gasteiger partial charge in [0.15, 0.2) is 37.0 Å². The summed E-state index contributed by atoms with van der Waals surface area (Å²) in [4.78, 5) is 84.7. The van der Waals surface area contributed by atoms with Crippen molar-refractivity contribution in [1.82, 2.24) is 5.32 Å². The molecule has 2 saturated heterocycles. The summed E-state index contributed by atoms with van der Waals surface area (Å²) in [5, 5.41) is 2.59. The molecule has 2 aliphatic rings. The largest absolute Gasteiger partial charge is 0.463 e. The number of nitrogens with one attached hydrogen (secondary N) is 1. The second kappa shape index (κ2) is 18.4. The lowest BCUT2D eigenvalue weighted by Crippen LogP contribution is -2.69. The van der Waals surface area contributed by atoms with Gasteiger partial charge in [0.2, 0.25) is 5.91 Å². The Balaban J connectivity index is 2.71. The highest BCUT2D eigenvalue weighted by molar-refractivity contribution is 5.73. The van der Waals surface area contributed by atoms with Gasteiger partial charge >= 0.3 is 35.8 Å². The van der Waals surface area contributed by atoms with E-state index in [-0.39, 0.29) is 13.2 Å². The van der Waals surface area contributed by atoms with Crippen LogP contribution in [0.5, 0.6) is 0 Å². The van der Waals surface area contributed by atoms with Crippen molar-refractivity contribution in [3.05, 3.63) is 0 Å². The number of hydrogen-bond donors (Lipinski definition) is 2. The molecule has 4 unspecified atom stereocenters. The summed E-state index contributed by atoms with van der Waals surface area (Å²) < 4.78 is 56.1. The minimum Gasteiger partial charge on any atom is -0.463 e. The molecule has 2 fully saturated rings. The van der Waals surface area contributed by atoms with Gasteiger partial charge in [0.1, 0.15) is 37.6 Å². The number of rotatable bonds is 14. The van der Waals surface area contributed by atoms with Crippen LogP contribution in [0.25, 0.3) is 0 Å². The van der Waals surface area contributed by atoms with Gasteiger partial charge in [0.05, 0.1) is 6.61 Å². The summed E-state index contributed by atoms with van der Waals surface area (Å²) >= 11 is 0.